The number of aromatic nitrogens is 1. The van der Waals surface area contributed by atoms with Gasteiger partial charge in [0.05, 0.1) is 6.61 Å². The fourth-order valence-corrected chi connectivity index (χ4v) is 3.27. The topological polar surface area (TPSA) is 37.4 Å². The minimum Gasteiger partial charge on any atom is -0.494 e. The summed E-state index contributed by atoms with van der Waals surface area (Å²) in [7, 11) is 0. The average molecular weight is 319 g/mol. The molecule has 2 aromatic rings. The summed E-state index contributed by atoms with van der Waals surface area (Å²) in [5, 5.41) is 4.58. The molecule has 1 N–H and O–H groups in total. The van der Waals surface area contributed by atoms with Crippen molar-refractivity contribution in [1.29, 1.82) is 0 Å². The predicted molar refractivity (Wildman–Crippen MR) is 93.8 cm³/mol. The molecule has 2 rings (SSSR count). The van der Waals surface area contributed by atoms with Crippen LogP contribution in [0.5, 0.6) is 5.75 Å². The highest BCUT2D eigenvalue weighted by molar-refractivity contribution is 7.15. The lowest BCUT2D eigenvalue weighted by Gasteiger charge is -2.16. The van der Waals surface area contributed by atoms with E-state index in [-0.39, 0.29) is 0 Å². The Balaban J connectivity index is 1.85. The lowest BCUT2D eigenvalue weighted by atomic mass is 10.2. The molecule has 1 aromatic heterocycles. The molecule has 22 heavy (non-hydrogen) atoms. The molecule has 0 spiro atoms. The van der Waals surface area contributed by atoms with E-state index in [1.165, 1.54) is 10.4 Å². The summed E-state index contributed by atoms with van der Waals surface area (Å²) in [5.41, 5.74) is 1.24. The van der Waals surface area contributed by atoms with Crippen molar-refractivity contribution in [3.05, 3.63) is 40.9 Å². The highest BCUT2D eigenvalue weighted by Crippen LogP contribution is 2.22. The highest BCUT2D eigenvalue weighted by Gasteiger charge is 2.07. The molecule has 0 aliphatic rings. The van der Waals surface area contributed by atoms with E-state index in [1.807, 2.05) is 25.3 Å². The number of hydrogen-bond donors (Lipinski definition) is 1. The molecule has 0 amide bonds. The van der Waals surface area contributed by atoms with Gasteiger partial charge in [-0.25, -0.2) is 4.98 Å². The first-order valence-corrected chi connectivity index (χ1v) is 8.70. The first-order chi connectivity index (χ1) is 10.8. The number of benzene rings is 1. The number of thiazole rings is 1. The van der Waals surface area contributed by atoms with Crippen molar-refractivity contribution in [3.63, 3.8) is 0 Å². The zero-order valence-corrected chi connectivity index (χ0v) is 14.4. The lowest BCUT2D eigenvalue weighted by Crippen LogP contribution is -2.21. The Kier molecular flexibility index (Phi) is 6.68. The van der Waals surface area contributed by atoms with Crippen LogP contribution in [0.25, 0.3) is 0 Å². The van der Waals surface area contributed by atoms with Gasteiger partial charge in [-0.05, 0) is 38.5 Å². The van der Waals surface area contributed by atoms with Gasteiger partial charge in [0.2, 0.25) is 0 Å². The van der Waals surface area contributed by atoms with Gasteiger partial charge in [-0.15, -0.1) is 11.3 Å². The van der Waals surface area contributed by atoms with Crippen LogP contribution in [0.15, 0.2) is 30.5 Å². The second kappa shape index (κ2) is 8.76. The summed E-state index contributed by atoms with van der Waals surface area (Å²) in [6, 6.07) is 8.23. The van der Waals surface area contributed by atoms with Gasteiger partial charge in [-0.2, -0.15) is 0 Å². The van der Waals surface area contributed by atoms with Crippen molar-refractivity contribution in [1.82, 2.24) is 10.3 Å². The Morgan fingerprint density at radius 3 is 2.73 bits per heavy atom. The fraction of sp³-hybridized carbons (Fsp3) is 0.471. The van der Waals surface area contributed by atoms with E-state index in [2.05, 4.69) is 41.2 Å². The summed E-state index contributed by atoms with van der Waals surface area (Å²) >= 11 is 1.76. The molecular formula is C17H25N3OS. The molecule has 120 valence electrons. The van der Waals surface area contributed by atoms with Gasteiger partial charge in [0, 0.05) is 37.3 Å². The second-order valence-electron chi connectivity index (χ2n) is 4.97. The Morgan fingerprint density at radius 2 is 2.00 bits per heavy atom. The number of rotatable bonds is 9. The fourth-order valence-electron chi connectivity index (χ4n) is 2.26. The van der Waals surface area contributed by atoms with E-state index in [1.54, 1.807) is 11.3 Å². The van der Waals surface area contributed by atoms with Crippen LogP contribution in [-0.4, -0.2) is 24.7 Å². The van der Waals surface area contributed by atoms with Crippen molar-refractivity contribution in [2.45, 2.75) is 33.9 Å². The van der Waals surface area contributed by atoms with Crippen LogP contribution >= 0.6 is 11.3 Å². The van der Waals surface area contributed by atoms with Crippen LogP contribution in [0, 0.1) is 0 Å². The quantitative estimate of drug-likeness (QED) is 0.765. The number of ether oxygens (including phenoxy) is 1. The number of nitrogens with zero attached hydrogens (tertiary/aromatic N) is 2. The second-order valence-corrected chi connectivity index (χ2v) is 6.06. The van der Waals surface area contributed by atoms with E-state index < -0.39 is 0 Å². The molecule has 0 aliphatic heterocycles. The molecule has 0 fully saturated rings. The van der Waals surface area contributed by atoms with Crippen molar-refractivity contribution in [3.8, 4) is 5.75 Å². The standard InChI is InChI=1S/C17H25N3OS/c1-4-20(5-2)17-19-13-16(22-17)12-18-11-14-8-7-9-15(10-14)21-6-3/h7-10,13,18H,4-6,11-12H2,1-3H3. The Labute approximate surface area is 137 Å². The molecule has 0 aliphatic carbocycles. The monoisotopic (exact) mass is 319 g/mol. The van der Waals surface area contributed by atoms with Crippen LogP contribution in [0.3, 0.4) is 0 Å². The molecule has 4 nitrogen and oxygen atoms in total. The van der Waals surface area contributed by atoms with Gasteiger partial charge in [0.15, 0.2) is 5.13 Å². The van der Waals surface area contributed by atoms with E-state index >= 15 is 0 Å². The third-order valence-corrected chi connectivity index (χ3v) is 4.47. The summed E-state index contributed by atoms with van der Waals surface area (Å²) in [4.78, 5) is 8.05. The Morgan fingerprint density at radius 1 is 1.18 bits per heavy atom. The van der Waals surface area contributed by atoms with Gasteiger partial charge in [0.25, 0.3) is 0 Å². The third-order valence-electron chi connectivity index (χ3n) is 3.41. The third kappa shape index (κ3) is 4.71. The van der Waals surface area contributed by atoms with E-state index in [4.69, 9.17) is 4.74 Å². The van der Waals surface area contributed by atoms with Gasteiger partial charge in [0.1, 0.15) is 5.75 Å². The number of hydrogen-bond acceptors (Lipinski definition) is 5. The van der Waals surface area contributed by atoms with Crippen LogP contribution in [0.2, 0.25) is 0 Å². The van der Waals surface area contributed by atoms with Crippen molar-refractivity contribution in [2.75, 3.05) is 24.6 Å². The van der Waals surface area contributed by atoms with Crippen LogP contribution in [0.1, 0.15) is 31.2 Å². The van der Waals surface area contributed by atoms with Crippen LogP contribution < -0.4 is 15.0 Å². The first kappa shape index (κ1) is 16.8. The van der Waals surface area contributed by atoms with Gasteiger partial charge < -0.3 is 15.0 Å². The van der Waals surface area contributed by atoms with Gasteiger partial charge in [-0.1, -0.05) is 12.1 Å². The summed E-state index contributed by atoms with van der Waals surface area (Å²) < 4.78 is 5.52. The lowest BCUT2D eigenvalue weighted by molar-refractivity contribution is 0.340. The van der Waals surface area contributed by atoms with E-state index in [0.29, 0.717) is 6.61 Å². The summed E-state index contributed by atoms with van der Waals surface area (Å²) in [6.45, 7) is 10.7. The molecule has 0 atom stereocenters. The largest absolute Gasteiger partial charge is 0.494 e. The molecule has 5 heteroatoms. The van der Waals surface area contributed by atoms with E-state index in [0.717, 1.165) is 37.1 Å². The van der Waals surface area contributed by atoms with Crippen LogP contribution in [0.4, 0.5) is 5.13 Å². The maximum Gasteiger partial charge on any atom is 0.185 e. The van der Waals surface area contributed by atoms with Crippen LogP contribution in [-0.2, 0) is 13.1 Å². The maximum atomic E-state index is 5.52. The highest BCUT2D eigenvalue weighted by atomic mass is 32.1. The van der Waals surface area contributed by atoms with Crippen molar-refractivity contribution < 1.29 is 4.74 Å². The molecule has 0 radical (unpaired) electrons. The van der Waals surface area contributed by atoms with E-state index in [9.17, 15) is 0 Å². The summed E-state index contributed by atoms with van der Waals surface area (Å²) in [6.07, 6.45) is 1.97. The zero-order chi connectivity index (χ0) is 15.8. The minimum atomic E-state index is 0.700. The molecule has 1 heterocycles. The normalized spacial score (nSPS) is 10.7. The Bertz CT molecular complexity index is 567. The Hall–Kier alpha value is -1.59. The average Bonchev–Trinajstić information content (AvgIpc) is 2.98. The molecule has 0 saturated carbocycles. The first-order valence-electron chi connectivity index (χ1n) is 7.88. The smallest absolute Gasteiger partial charge is 0.185 e. The van der Waals surface area contributed by atoms with Crippen molar-refractivity contribution >= 4 is 16.5 Å². The minimum absolute atomic E-state index is 0.700. The zero-order valence-electron chi connectivity index (χ0n) is 13.6. The molecule has 0 unspecified atom stereocenters. The molecule has 0 saturated heterocycles. The van der Waals surface area contributed by atoms with Crippen molar-refractivity contribution in [2.24, 2.45) is 0 Å². The maximum absolute atomic E-state index is 5.52. The molecule has 0 bridgehead atoms. The summed E-state index contributed by atoms with van der Waals surface area (Å²) in [5.74, 6) is 0.934. The molecular weight excluding hydrogens is 294 g/mol. The van der Waals surface area contributed by atoms with Gasteiger partial charge >= 0.3 is 0 Å². The number of anilines is 1. The number of nitrogens with one attached hydrogen (secondary N) is 1. The SMILES string of the molecule is CCOc1cccc(CNCc2cnc(N(CC)CC)s2)c1. The molecule has 1 aromatic carbocycles. The van der Waals surface area contributed by atoms with Gasteiger partial charge in [-0.3, -0.25) is 0 Å². The predicted octanol–water partition coefficient (Wildman–Crippen LogP) is 3.68.